The first-order chi connectivity index (χ1) is 8.56. The zero-order chi connectivity index (χ0) is 13.1. The molecule has 1 aliphatic carbocycles. The number of carbonyl (C=O) groups is 1. The molecule has 0 aliphatic heterocycles. The van der Waals surface area contributed by atoms with Gasteiger partial charge in [-0.3, -0.25) is 10.2 Å². The topological polar surface area (TPSA) is 79.0 Å². The molecule has 1 amide bonds. The minimum Gasteiger partial charge on any atom is -0.384 e. The van der Waals surface area contributed by atoms with Gasteiger partial charge in [0.1, 0.15) is 11.7 Å². The average Bonchev–Trinajstić information content (AvgIpc) is 3.11. The summed E-state index contributed by atoms with van der Waals surface area (Å²) in [4.78, 5) is 12.2. The number of amides is 1. The Labute approximate surface area is 109 Å². The third kappa shape index (κ3) is 3.46. The molecule has 0 atom stereocenters. The smallest absolute Gasteiger partial charge is 0.230 e. The number of halogens is 1. The van der Waals surface area contributed by atoms with E-state index in [1.165, 1.54) is 23.9 Å². The molecule has 0 radical (unpaired) electrons. The molecule has 18 heavy (non-hydrogen) atoms. The fraction of sp³-hybridized carbons (Fsp3) is 0.333. The second-order valence-electron chi connectivity index (χ2n) is 4.18. The van der Waals surface area contributed by atoms with Crippen molar-refractivity contribution in [2.45, 2.75) is 23.8 Å². The van der Waals surface area contributed by atoms with Crippen molar-refractivity contribution < 1.29 is 9.18 Å². The lowest BCUT2D eigenvalue weighted by molar-refractivity contribution is -0.118. The van der Waals surface area contributed by atoms with Crippen molar-refractivity contribution in [3.05, 3.63) is 29.6 Å². The summed E-state index contributed by atoms with van der Waals surface area (Å²) in [6.45, 7) is 0. The van der Waals surface area contributed by atoms with Gasteiger partial charge in [-0.2, -0.15) is 0 Å². The molecule has 6 heteroatoms. The molecule has 4 N–H and O–H groups in total. The van der Waals surface area contributed by atoms with E-state index in [4.69, 9.17) is 11.1 Å². The molecular weight excluding hydrogens is 253 g/mol. The summed E-state index contributed by atoms with van der Waals surface area (Å²) >= 11 is 1.26. The minimum atomic E-state index is -0.438. The Hall–Kier alpha value is -1.56. The lowest BCUT2D eigenvalue weighted by atomic mass is 10.2. The van der Waals surface area contributed by atoms with Crippen LogP contribution in [0.3, 0.4) is 0 Å². The molecule has 0 saturated heterocycles. The zero-order valence-electron chi connectivity index (χ0n) is 9.70. The van der Waals surface area contributed by atoms with Crippen LogP contribution in [-0.4, -0.2) is 23.5 Å². The number of hydrogen-bond acceptors (Lipinski definition) is 3. The van der Waals surface area contributed by atoms with Gasteiger partial charge in [0.2, 0.25) is 5.91 Å². The van der Waals surface area contributed by atoms with Crippen molar-refractivity contribution in [2.75, 3.05) is 5.75 Å². The maximum atomic E-state index is 13.0. The van der Waals surface area contributed by atoms with Crippen LogP contribution in [0.5, 0.6) is 0 Å². The van der Waals surface area contributed by atoms with Gasteiger partial charge in [0, 0.05) is 16.5 Å². The molecule has 1 aromatic rings. The molecule has 96 valence electrons. The fourth-order valence-corrected chi connectivity index (χ4v) is 2.34. The Kier molecular flexibility index (Phi) is 3.86. The van der Waals surface area contributed by atoms with Crippen LogP contribution >= 0.6 is 11.8 Å². The van der Waals surface area contributed by atoms with Gasteiger partial charge in [-0.05, 0) is 31.0 Å². The highest BCUT2D eigenvalue weighted by molar-refractivity contribution is 8.00. The van der Waals surface area contributed by atoms with Crippen molar-refractivity contribution >= 4 is 23.5 Å². The van der Waals surface area contributed by atoms with E-state index in [0.29, 0.717) is 16.5 Å². The van der Waals surface area contributed by atoms with E-state index in [9.17, 15) is 9.18 Å². The lowest BCUT2D eigenvalue weighted by Gasteiger charge is -2.08. The number of nitrogens with two attached hydrogens (primary N) is 1. The van der Waals surface area contributed by atoms with Crippen molar-refractivity contribution in [2.24, 2.45) is 5.73 Å². The van der Waals surface area contributed by atoms with Crippen molar-refractivity contribution in [1.82, 2.24) is 5.32 Å². The van der Waals surface area contributed by atoms with Gasteiger partial charge in [-0.15, -0.1) is 11.8 Å². The highest BCUT2D eigenvalue weighted by atomic mass is 32.2. The molecule has 4 nitrogen and oxygen atoms in total. The van der Waals surface area contributed by atoms with Crippen LogP contribution in [0.15, 0.2) is 23.1 Å². The molecule has 1 aromatic carbocycles. The third-order valence-corrected chi connectivity index (χ3v) is 3.61. The van der Waals surface area contributed by atoms with E-state index < -0.39 is 5.82 Å². The third-order valence-electron chi connectivity index (χ3n) is 2.53. The van der Waals surface area contributed by atoms with Crippen LogP contribution in [0.4, 0.5) is 4.39 Å². The van der Waals surface area contributed by atoms with Crippen LogP contribution in [0, 0.1) is 11.2 Å². The van der Waals surface area contributed by atoms with Gasteiger partial charge < -0.3 is 11.1 Å². The molecule has 0 aromatic heterocycles. The first-order valence-electron chi connectivity index (χ1n) is 5.62. The van der Waals surface area contributed by atoms with Crippen molar-refractivity contribution in [3.63, 3.8) is 0 Å². The fourth-order valence-electron chi connectivity index (χ4n) is 1.48. The molecule has 0 unspecified atom stereocenters. The number of rotatable bonds is 5. The van der Waals surface area contributed by atoms with E-state index >= 15 is 0 Å². The maximum Gasteiger partial charge on any atom is 0.230 e. The number of amidine groups is 1. The Balaban J connectivity index is 1.99. The number of nitrogen functional groups attached to an aromatic ring is 1. The standard InChI is InChI=1S/C12H14FN3OS/c13-7-1-4-10(9(5-7)12(14)15)18-6-11(17)16-8-2-3-8/h1,4-5,8H,2-3,6H2,(H3,14,15)(H,16,17). The van der Waals surface area contributed by atoms with Crippen LogP contribution in [0.25, 0.3) is 0 Å². The summed E-state index contributed by atoms with van der Waals surface area (Å²) in [7, 11) is 0. The van der Waals surface area contributed by atoms with Crippen LogP contribution in [0.2, 0.25) is 0 Å². The van der Waals surface area contributed by atoms with Gasteiger partial charge in [0.25, 0.3) is 0 Å². The van der Waals surface area contributed by atoms with E-state index in [-0.39, 0.29) is 17.5 Å². The van der Waals surface area contributed by atoms with Crippen molar-refractivity contribution in [1.29, 1.82) is 5.41 Å². The second-order valence-corrected chi connectivity index (χ2v) is 5.20. The monoisotopic (exact) mass is 267 g/mol. The van der Waals surface area contributed by atoms with E-state index in [1.54, 1.807) is 6.07 Å². The van der Waals surface area contributed by atoms with E-state index in [1.807, 2.05) is 0 Å². The van der Waals surface area contributed by atoms with Gasteiger partial charge in [0.15, 0.2) is 0 Å². The van der Waals surface area contributed by atoms with Gasteiger partial charge in [-0.25, -0.2) is 4.39 Å². The number of nitrogens with one attached hydrogen (secondary N) is 2. The van der Waals surface area contributed by atoms with E-state index in [2.05, 4.69) is 5.32 Å². The number of benzene rings is 1. The molecule has 1 fully saturated rings. The maximum absolute atomic E-state index is 13.0. The Morgan fingerprint density at radius 1 is 1.56 bits per heavy atom. The predicted molar refractivity (Wildman–Crippen MR) is 69.3 cm³/mol. The summed E-state index contributed by atoms with van der Waals surface area (Å²) in [5.41, 5.74) is 5.72. The molecule has 1 saturated carbocycles. The Morgan fingerprint density at radius 2 is 2.28 bits per heavy atom. The van der Waals surface area contributed by atoms with Gasteiger partial charge in [0.05, 0.1) is 5.75 Å². The summed E-state index contributed by atoms with van der Waals surface area (Å²) in [6, 6.07) is 4.39. The summed E-state index contributed by atoms with van der Waals surface area (Å²) in [5, 5.41) is 10.2. The highest BCUT2D eigenvalue weighted by Crippen LogP contribution is 2.24. The first-order valence-corrected chi connectivity index (χ1v) is 6.61. The largest absolute Gasteiger partial charge is 0.384 e. The molecule has 2 rings (SSSR count). The Morgan fingerprint density at radius 3 is 2.89 bits per heavy atom. The lowest BCUT2D eigenvalue weighted by Crippen LogP contribution is -2.27. The summed E-state index contributed by atoms with van der Waals surface area (Å²) in [5.74, 6) is -0.421. The first kappa shape index (κ1) is 12.9. The molecule has 1 aliphatic rings. The second kappa shape index (κ2) is 5.39. The zero-order valence-corrected chi connectivity index (χ0v) is 10.5. The van der Waals surface area contributed by atoms with Gasteiger partial charge in [-0.1, -0.05) is 0 Å². The highest BCUT2D eigenvalue weighted by Gasteiger charge is 2.23. The predicted octanol–water partition coefficient (Wildman–Crippen LogP) is 1.48. The normalized spacial score (nSPS) is 14.3. The number of thioether (sulfide) groups is 1. The average molecular weight is 267 g/mol. The molecule has 0 bridgehead atoms. The quantitative estimate of drug-likeness (QED) is 0.429. The summed E-state index contributed by atoms with van der Waals surface area (Å²) < 4.78 is 13.0. The summed E-state index contributed by atoms with van der Waals surface area (Å²) in [6.07, 6.45) is 2.09. The molecule has 0 spiro atoms. The van der Waals surface area contributed by atoms with Crippen LogP contribution in [-0.2, 0) is 4.79 Å². The number of hydrogen-bond donors (Lipinski definition) is 3. The van der Waals surface area contributed by atoms with Gasteiger partial charge >= 0.3 is 0 Å². The number of carbonyl (C=O) groups excluding carboxylic acids is 1. The minimum absolute atomic E-state index is 0.0404. The Bertz CT molecular complexity index is 488. The SMILES string of the molecule is N=C(N)c1cc(F)ccc1SCC(=O)NC1CC1. The molecular formula is C12H14FN3OS. The van der Waals surface area contributed by atoms with Crippen molar-refractivity contribution in [3.8, 4) is 0 Å². The van der Waals surface area contributed by atoms with Crippen LogP contribution < -0.4 is 11.1 Å². The van der Waals surface area contributed by atoms with Crippen LogP contribution in [0.1, 0.15) is 18.4 Å². The molecule has 0 heterocycles. The van der Waals surface area contributed by atoms with E-state index in [0.717, 1.165) is 12.8 Å².